The predicted molar refractivity (Wildman–Crippen MR) is 70.0 cm³/mol. The third-order valence-electron chi connectivity index (χ3n) is 2.23. The molecule has 0 spiro atoms. The summed E-state index contributed by atoms with van der Waals surface area (Å²) >= 11 is 1.61. The molecule has 2 aromatic heterocycles. The first kappa shape index (κ1) is 11.4. The second-order valence-electron chi connectivity index (χ2n) is 3.58. The van der Waals surface area contributed by atoms with Crippen LogP contribution in [0.1, 0.15) is 5.56 Å². The van der Waals surface area contributed by atoms with Crippen LogP contribution in [0.5, 0.6) is 0 Å². The summed E-state index contributed by atoms with van der Waals surface area (Å²) in [4.78, 5) is 1.07. The SMILES string of the molecule is C#CCn1cc(CC(=N)N)c(-c2cccs2)n1. The minimum Gasteiger partial charge on any atom is -0.387 e. The van der Waals surface area contributed by atoms with Crippen molar-refractivity contribution in [1.29, 1.82) is 5.41 Å². The maximum Gasteiger partial charge on any atom is 0.106 e. The molecule has 86 valence electrons. The van der Waals surface area contributed by atoms with Gasteiger partial charge in [-0.3, -0.25) is 10.1 Å². The van der Waals surface area contributed by atoms with Crippen molar-refractivity contribution in [2.24, 2.45) is 5.73 Å². The molecule has 0 radical (unpaired) electrons. The zero-order valence-electron chi connectivity index (χ0n) is 9.18. The molecule has 3 N–H and O–H groups in total. The maximum absolute atomic E-state index is 7.37. The topological polar surface area (TPSA) is 67.7 Å². The van der Waals surface area contributed by atoms with Gasteiger partial charge in [-0.1, -0.05) is 12.0 Å². The number of nitrogens with two attached hydrogens (primary N) is 1. The average Bonchev–Trinajstić information content (AvgIpc) is 2.86. The van der Waals surface area contributed by atoms with E-state index in [4.69, 9.17) is 17.6 Å². The van der Waals surface area contributed by atoms with Gasteiger partial charge in [0.25, 0.3) is 0 Å². The molecule has 17 heavy (non-hydrogen) atoms. The molecule has 4 nitrogen and oxygen atoms in total. The van der Waals surface area contributed by atoms with Gasteiger partial charge in [0.15, 0.2) is 0 Å². The molecule has 0 aliphatic heterocycles. The highest BCUT2D eigenvalue weighted by molar-refractivity contribution is 7.13. The summed E-state index contributed by atoms with van der Waals surface area (Å²) in [5.41, 5.74) is 7.25. The molecule has 2 aromatic rings. The van der Waals surface area contributed by atoms with Crippen LogP contribution in [0.3, 0.4) is 0 Å². The van der Waals surface area contributed by atoms with E-state index in [0.717, 1.165) is 16.1 Å². The molecule has 0 aliphatic carbocycles. The van der Waals surface area contributed by atoms with E-state index in [2.05, 4.69) is 11.0 Å². The summed E-state index contributed by atoms with van der Waals surface area (Å²) in [5, 5.41) is 13.8. The first-order valence-corrected chi connectivity index (χ1v) is 5.95. The number of nitrogens with zero attached hydrogens (tertiary/aromatic N) is 2. The third kappa shape index (κ3) is 2.55. The Morgan fingerprint density at radius 3 is 3.06 bits per heavy atom. The number of amidine groups is 1. The zero-order chi connectivity index (χ0) is 12.3. The molecule has 0 saturated heterocycles. The highest BCUT2D eigenvalue weighted by atomic mass is 32.1. The zero-order valence-corrected chi connectivity index (χ0v) is 10.00. The quantitative estimate of drug-likeness (QED) is 0.488. The molecule has 2 rings (SSSR count). The summed E-state index contributed by atoms with van der Waals surface area (Å²) in [5.74, 6) is 2.67. The van der Waals surface area contributed by atoms with Crippen molar-refractivity contribution in [3.63, 3.8) is 0 Å². The van der Waals surface area contributed by atoms with Crippen molar-refractivity contribution in [3.8, 4) is 22.9 Å². The Labute approximate surface area is 104 Å². The lowest BCUT2D eigenvalue weighted by Crippen LogP contribution is -2.12. The van der Waals surface area contributed by atoms with Crippen LogP contribution in [-0.2, 0) is 13.0 Å². The van der Waals surface area contributed by atoms with Crippen LogP contribution in [0.15, 0.2) is 23.7 Å². The minimum absolute atomic E-state index is 0.128. The van der Waals surface area contributed by atoms with Gasteiger partial charge >= 0.3 is 0 Å². The van der Waals surface area contributed by atoms with E-state index in [1.165, 1.54) is 0 Å². The van der Waals surface area contributed by atoms with Crippen molar-refractivity contribution in [2.75, 3.05) is 0 Å². The minimum atomic E-state index is 0.128. The van der Waals surface area contributed by atoms with Gasteiger partial charge in [-0.2, -0.15) is 5.10 Å². The van der Waals surface area contributed by atoms with Gasteiger partial charge in [-0.15, -0.1) is 17.8 Å². The Hall–Kier alpha value is -2.06. The Bertz CT molecular complexity index is 560. The van der Waals surface area contributed by atoms with E-state index in [1.807, 2.05) is 23.7 Å². The fourth-order valence-corrected chi connectivity index (χ4v) is 2.34. The molecule has 0 unspecified atom stereocenters. The Balaban J connectivity index is 2.41. The standard InChI is InChI=1S/C12H12N4S/c1-2-5-16-8-9(7-11(13)14)12(15-16)10-4-3-6-17-10/h1,3-4,6,8H,5,7H2,(H3,13,14). The van der Waals surface area contributed by atoms with Crippen molar-refractivity contribution in [2.45, 2.75) is 13.0 Å². The van der Waals surface area contributed by atoms with Gasteiger partial charge in [0.2, 0.25) is 0 Å². The molecule has 0 atom stereocenters. The summed E-state index contributed by atoms with van der Waals surface area (Å²) in [6.07, 6.45) is 7.52. The van der Waals surface area contributed by atoms with Crippen LogP contribution in [0, 0.1) is 17.8 Å². The molecular formula is C12H12N4S. The molecule has 0 bridgehead atoms. The molecular weight excluding hydrogens is 232 g/mol. The van der Waals surface area contributed by atoms with E-state index in [1.54, 1.807) is 16.0 Å². The van der Waals surface area contributed by atoms with Crippen LogP contribution in [-0.4, -0.2) is 15.6 Å². The summed E-state index contributed by atoms with van der Waals surface area (Å²) in [6.45, 7) is 0.427. The van der Waals surface area contributed by atoms with E-state index in [-0.39, 0.29) is 5.84 Å². The van der Waals surface area contributed by atoms with Gasteiger partial charge in [0.05, 0.1) is 10.7 Å². The van der Waals surface area contributed by atoms with Crippen LogP contribution >= 0.6 is 11.3 Å². The summed E-state index contributed by atoms with van der Waals surface area (Å²) in [7, 11) is 0. The second kappa shape index (κ2) is 4.85. The van der Waals surface area contributed by atoms with E-state index in [0.29, 0.717) is 13.0 Å². The second-order valence-corrected chi connectivity index (χ2v) is 4.53. The first-order chi connectivity index (χ1) is 8.20. The fraction of sp³-hybridized carbons (Fsp3) is 0.167. The van der Waals surface area contributed by atoms with E-state index >= 15 is 0 Å². The lowest BCUT2D eigenvalue weighted by molar-refractivity contribution is 0.718. The number of rotatable bonds is 4. The summed E-state index contributed by atoms with van der Waals surface area (Å²) in [6, 6.07) is 3.97. The first-order valence-electron chi connectivity index (χ1n) is 5.07. The highest BCUT2D eigenvalue weighted by Gasteiger charge is 2.12. The number of thiophene rings is 1. The maximum atomic E-state index is 7.37. The van der Waals surface area contributed by atoms with Gasteiger partial charge in [-0.25, -0.2) is 0 Å². The number of nitrogens with one attached hydrogen (secondary N) is 1. The number of aromatic nitrogens is 2. The monoisotopic (exact) mass is 244 g/mol. The normalized spacial score (nSPS) is 10.1. The average molecular weight is 244 g/mol. The van der Waals surface area contributed by atoms with Crippen LogP contribution in [0.2, 0.25) is 0 Å². The highest BCUT2D eigenvalue weighted by Crippen LogP contribution is 2.26. The van der Waals surface area contributed by atoms with Crippen LogP contribution in [0.4, 0.5) is 0 Å². The van der Waals surface area contributed by atoms with Crippen molar-refractivity contribution in [1.82, 2.24) is 9.78 Å². The Kier molecular flexibility index (Phi) is 3.26. The summed E-state index contributed by atoms with van der Waals surface area (Å²) < 4.78 is 1.70. The van der Waals surface area contributed by atoms with E-state index in [9.17, 15) is 0 Å². The number of terminal acetylenes is 1. The molecule has 2 heterocycles. The lowest BCUT2D eigenvalue weighted by atomic mass is 10.1. The third-order valence-corrected chi connectivity index (χ3v) is 3.10. The smallest absolute Gasteiger partial charge is 0.106 e. The van der Waals surface area contributed by atoms with E-state index < -0.39 is 0 Å². The van der Waals surface area contributed by atoms with Gasteiger partial charge in [0, 0.05) is 18.2 Å². The van der Waals surface area contributed by atoms with Gasteiger partial charge in [0.1, 0.15) is 12.2 Å². The molecule has 0 aromatic carbocycles. The van der Waals surface area contributed by atoms with Crippen LogP contribution in [0.25, 0.3) is 10.6 Å². The Morgan fingerprint density at radius 1 is 1.65 bits per heavy atom. The van der Waals surface area contributed by atoms with Crippen molar-refractivity contribution in [3.05, 3.63) is 29.3 Å². The molecule has 0 amide bonds. The predicted octanol–water partition coefficient (Wildman–Crippen LogP) is 1.72. The largest absolute Gasteiger partial charge is 0.387 e. The fourth-order valence-electron chi connectivity index (χ4n) is 1.59. The van der Waals surface area contributed by atoms with Crippen molar-refractivity contribution < 1.29 is 0 Å². The van der Waals surface area contributed by atoms with Gasteiger partial charge in [-0.05, 0) is 11.4 Å². The number of hydrogen-bond donors (Lipinski definition) is 2. The van der Waals surface area contributed by atoms with Crippen molar-refractivity contribution >= 4 is 17.2 Å². The molecule has 0 fully saturated rings. The molecule has 5 heteroatoms. The Morgan fingerprint density at radius 2 is 2.47 bits per heavy atom. The molecule has 0 aliphatic rings. The van der Waals surface area contributed by atoms with Crippen LogP contribution < -0.4 is 5.73 Å². The molecule has 0 saturated carbocycles. The van der Waals surface area contributed by atoms with Gasteiger partial charge < -0.3 is 5.73 Å². The lowest BCUT2D eigenvalue weighted by Gasteiger charge is -1.97. The number of hydrogen-bond acceptors (Lipinski definition) is 3.